The molecule has 0 radical (unpaired) electrons. The van der Waals surface area contributed by atoms with Crippen molar-refractivity contribution in [1.29, 1.82) is 0 Å². The first-order chi connectivity index (χ1) is 7.70. The normalized spacial score (nSPS) is 18.2. The van der Waals surface area contributed by atoms with Gasteiger partial charge in [0.15, 0.2) is 0 Å². The SMILES string of the molecule is CCC(NC1COC1)c1ccc(Cl)cc1Cl. The van der Waals surface area contributed by atoms with Crippen LogP contribution in [0.15, 0.2) is 18.2 Å². The maximum absolute atomic E-state index is 6.19. The zero-order valence-corrected chi connectivity index (χ0v) is 10.7. The molecule has 0 aliphatic carbocycles. The summed E-state index contributed by atoms with van der Waals surface area (Å²) in [4.78, 5) is 0. The minimum atomic E-state index is 0.277. The van der Waals surface area contributed by atoms with Crippen LogP contribution >= 0.6 is 23.2 Å². The summed E-state index contributed by atoms with van der Waals surface area (Å²) in [6.07, 6.45) is 0.998. The highest BCUT2D eigenvalue weighted by molar-refractivity contribution is 6.35. The molecule has 0 bridgehead atoms. The standard InChI is InChI=1S/C12H15Cl2NO/c1-2-12(15-9-6-16-7-9)10-4-3-8(13)5-11(10)14/h3-5,9,12,15H,2,6-7H2,1H3. The molecule has 1 fully saturated rings. The summed E-state index contributed by atoms with van der Waals surface area (Å²) >= 11 is 12.1. The molecule has 88 valence electrons. The number of ether oxygens (including phenoxy) is 1. The molecular formula is C12H15Cl2NO. The van der Waals surface area contributed by atoms with Gasteiger partial charge in [0.2, 0.25) is 0 Å². The molecule has 1 N–H and O–H groups in total. The number of rotatable bonds is 4. The zero-order chi connectivity index (χ0) is 11.5. The van der Waals surface area contributed by atoms with Gasteiger partial charge in [-0.25, -0.2) is 0 Å². The van der Waals surface area contributed by atoms with Crippen LogP contribution in [0.25, 0.3) is 0 Å². The first-order valence-electron chi connectivity index (χ1n) is 5.49. The van der Waals surface area contributed by atoms with Crippen molar-refractivity contribution < 1.29 is 4.74 Å². The van der Waals surface area contributed by atoms with Gasteiger partial charge in [0.25, 0.3) is 0 Å². The van der Waals surface area contributed by atoms with Crippen LogP contribution in [0.1, 0.15) is 24.9 Å². The quantitative estimate of drug-likeness (QED) is 0.895. The van der Waals surface area contributed by atoms with E-state index < -0.39 is 0 Å². The minimum absolute atomic E-state index is 0.277. The van der Waals surface area contributed by atoms with Gasteiger partial charge in [-0.3, -0.25) is 0 Å². The summed E-state index contributed by atoms with van der Waals surface area (Å²) in [5, 5.41) is 4.93. The van der Waals surface area contributed by atoms with Crippen molar-refractivity contribution in [3.63, 3.8) is 0 Å². The third-order valence-corrected chi connectivity index (χ3v) is 3.38. The monoisotopic (exact) mass is 259 g/mol. The zero-order valence-electron chi connectivity index (χ0n) is 9.17. The molecule has 0 saturated carbocycles. The van der Waals surface area contributed by atoms with Crippen LogP contribution in [0.5, 0.6) is 0 Å². The van der Waals surface area contributed by atoms with Crippen molar-refractivity contribution in [2.24, 2.45) is 0 Å². The molecule has 2 rings (SSSR count). The lowest BCUT2D eigenvalue weighted by Crippen LogP contribution is -2.47. The van der Waals surface area contributed by atoms with Crippen molar-refractivity contribution in [3.05, 3.63) is 33.8 Å². The first-order valence-corrected chi connectivity index (χ1v) is 6.25. The molecule has 1 heterocycles. The Morgan fingerprint density at radius 1 is 1.44 bits per heavy atom. The van der Waals surface area contributed by atoms with Gasteiger partial charge in [-0.15, -0.1) is 0 Å². The van der Waals surface area contributed by atoms with E-state index in [1.54, 1.807) is 6.07 Å². The molecule has 1 aliphatic heterocycles. The Hall–Kier alpha value is -0.280. The molecule has 1 atom stereocenters. The van der Waals surface area contributed by atoms with Crippen molar-refractivity contribution in [1.82, 2.24) is 5.32 Å². The summed E-state index contributed by atoms with van der Waals surface area (Å²) in [7, 11) is 0. The lowest BCUT2D eigenvalue weighted by atomic mass is 10.0. The fraction of sp³-hybridized carbons (Fsp3) is 0.500. The number of hydrogen-bond acceptors (Lipinski definition) is 2. The maximum Gasteiger partial charge on any atom is 0.0643 e. The summed E-state index contributed by atoms with van der Waals surface area (Å²) in [6.45, 7) is 3.73. The molecule has 4 heteroatoms. The van der Waals surface area contributed by atoms with Gasteiger partial charge in [0.1, 0.15) is 0 Å². The minimum Gasteiger partial charge on any atom is -0.378 e. The molecule has 0 aromatic heterocycles. The van der Waals surface area contributed by atoms with E-state index in [0.29, 0.717) is 11.1 Å². The highest BCUT2D eigenvalue weighted by atomic mass is 35.5. The molecule has 2 nitrogen and oxygen atoms in total. The molecule has 16 heavy (non-hydrogen) atoms. The Morgan fingerprint density at radius 3 is 2.69 bits per heavy atom. The van der Waals surface area contributed by atoms with Crippen LogP contribution < -0.4 is 5.32 Å². The average molecular weight is 260 g/mol. The van der Waals surface area contributed by atoms with E-state index in [2.05, 4.69) is 12.2 Å². The Kier molecular flexibility index (Phi) is 4.09. The predicted molar refractivity (Wildman–Crippen MR) is 67.2 cm³/mol. The van der Waals surface area contributed by atoms with Gasteiger partial charge >= 0.3 is 0 Å². The first kappa shape index (κ1) is 12.2. The van der Waals surface area contributed by atoms with Crippen LogP contribution in [-0.2, 0) is 4.74 Å². The largest absolute Gasteiger partial charge is 0.378 e. The van der Waals surface area contributed by atoms with Gasteiger partial charge in [-0.05, 0) is 24.1 Å². The number of nitrogens with one attached hydrogen (secondary N) is 1. The van der Waals surface area contributed by atoms with Crippen LogP contribution in [0.2, 0.25) is 10.0 Å². The Labute approximate surface area is 106 Å². The van der Waals surface area contributed by atoms with Crippen molar-refractivity contribution in [2.45, 2.75) is 25.4 Å². The van der Waals surface area contributed by atoms with E-state index in [0.717, 1.165) is 30.2 Å². The molecule has 1 aliphatic rings. The van der Waals surface area contributed by atoms with E-state index in [9.17, 15) is 0 Å². The topological polar surface area (TPSA) is 21.3 Å². The van der Waals surface area contributed by atoms with Gasteiger partial charge < -0.3 is 10.1 Å². The molecule has 1 unspecified atom stereocenters. The maximum atomic E-state index is 6.19. The number of benzene rings is 1. The third kappa shape index (κ3) is 2.69. The highest BCUT2D eigenvalue weighted by Crippen LogP contribution is 2.28. The van der Waals surface area contributed by atoms with Crippen molar-refractivity contribution in [3.8, 4) is 0 Å². The van der Waals surface area contributed by atoms with Gasteiger partial charge in [-0.1, -0.05) is 36.2 Å². The molecule has 0 spiro atoms. The highest BCUT2D eigenvalue weighted by Gasteiger charge is 2.23. The second-order valence-corrected chi connectivity index (χ2v) is 4.87. The van der Waals surface area contributed by atoms with Crippen LogP contribution in [0.3, 0.4) is 0 Å². The van der Waals surface area contributed by atoms with E-state index in [1.807, 2.05) is 12.1 Å². The fourth-order valence-corrected chi connectivity index (χ4v) is 2.37. The van der Waals surface area contributed by atoms with Crippen LogP contribution in [0.4, 0.5) is 0 Å². The lowest BCUT2D eigenvalue weighted by Gasteiger charge is -2.31. The second kappa shape index (κ2) is 5.37. The fourth-order valence-electron chi connectivity index (χ4n) is 1.83. The molecule has 1 aromatic rings. The molecule has 1 saturated heterocycles. The van der Waals surface area contributed by atoms with Crippen LogP contribution in [-0.4, -0.2) is 19.3 Å². The number of halogens is 2. The third-order valence-electron chi connectivity index (χ3n) is 2.82. The molecule has 0 amide bonds. The predicted octanol–water partition coefficient (Wildman–Crippen LogP) is 3.43. The molecule has 1 aromatic carbocycles. The summed E-state index contributed by atoms with van der Waals surface area (Å²) in [6, 6.07) is 6.39. The Balaban J connectivity index is 2.11. The van der Waals surface area contributed by atoms with E-state index >= 15 is 0 Å². The average Bonchev–Trinajstić information content (AvgIpc) is 2.18. The smallest absolute Gasteiger partial charge is 0.0643 e. The van der Waals surface area contributed by atoms with Crippen molar-refractivity contribution >= 4 is 23.2 Å². The Bertz CT molecular complexity index is 366. The van der Waals surface area contributed by atoms with E-state index in [-0.39, 0.29) is 6.04 Å². The summed E-state index contributed by atoms with van der Waals surface area (Å²) in [5.41, 5.74) is 1.11. The summed E-state index contributed by atoms with van der Waals surface area (Å²) < 4.78 is 5.15. The Morgan fingerprint density at radius 2 is 2.19 bits per heavy atom. The van der Waals surface area contributed by atoms with E-state index in [4.69, 9.17) is 27.9 Å². The van der Waals surface area contributed by atoms with Gasteiger partial charge in [0.05, 0.1) is 19.3 Å². The number of hydrogen-bond donors (Lipinski definition) is 1. The summed E-state index contributed by atoms with van der Waals surface area (Å²) in [5.74, 6) is 0. The second-order valence-electron chi connectivity index (χ2n) is 4.03. The van der Waals surface area contributed by atoms with Crippen LogP contribution in [0, 0.1) is 0 Å². The van der Waals surface area contributed by atoms with E-state index in [1.165, 1.54) is 0 Å². The van der Waals surface area contributed by atoms with Gasteiger partial charge in [0, 0.05) is 16.1 Å². The lowest BCUT2D eigenvalue weighted by molar-refractivity contribution is -0.0103. The van der Waals surface area contributed by atoms with Crippen molar-refractivity contribution in [2.75, 3.05) is 13.2 Å². The van der Waals surface area contributed by atoms with Gasteiger partial charge in [-0.2, -0.15) is 0 Å². The molecular weight excluding hydrogens is 245 g/mol.